The fourth-order valence-corrected chi connectivity index (χ4v) is 4.48. The zero-order valence-corrected chi connectivity index (χ0v) is 16.4. The van der Waals surface area contributed by atoms with Gasteiger partial charge in [0.05, 0.1) is 13.2 Å². The minimum absolute atomic E-state index is 0.225. The summed E-state index contributed by atoms with van der Waals surface area (Å²) in [6, 6.07) is 12.6. The molecule has 1 saturated heterocycles. The van der Waals surface area contributed by atoms with Crippen LogP contribution in [-0.4, -0.2) is 34.6 Å². The SMILES string of the molecule is Cc1nc(-c2ccncc2)nc(N2CCOC3(CCc4ccccc43)C2)c1C. The van der Waals surface area contributed by atoms with Crippen LogP contribution in [0.4, 0.5) is 5.82 Å². The zero-order chi connectivity index (χ0) is 19.1. The van der Waals surface area contributed by atoms with E-state index in [0.717, 1.165) is 54.4 Å². The first-order chi connectivity index (χ1) is 13.7. The molecule has 3 aromatic rings. The quantitative estimate of drug-likeness (QED) is 0.684. The maximum atomic E-state index is 6.40. The van der Waals surface area contributed by atoms with E-state index in [1.54, 1.807) is 12.4 Å². The molecule has 1 atom stereocenters. The van der Waals surface area contributed by atoms with Crippen LogP contribution in [0.25, 0.3) is 11.4 Å². The van der Waals surface area contributed by atoms with E-state index >= 15 is 0 Å². The average Bonchev–Trinajstić information content (AvgIpc) is 3.08. The van der Waals surface area contributed by atoms with Crippen molar-refractivity contribution >= 4 is 5.82 Å². The van der Waals surface area contributed by atoms with E-state index in [9.17, 15) is 0 Å². The first-order valence-corrected chi connectivity index (χ1v) is 9.89. The highest BCUT2D eigenvalue weighted by molar-refractivity contribution is 5.60. The number of anilines is 1. The van der Waals surface area contributed by atoms with Gasteiger partial charge in [-0.25, -0.2) is 9.97 Å². The number of ether oxygens (including phenoxy) is 1. The van der Waals surface area contributed by atoms with Crippen molar-refractivity contribution in [3.05, 3.63) is 71.2 Å². The molecule has 1 spiro atoms. The summed E-state index contributed by atoms with van der Waals surface area (Å²) in [4.78, 5) is 16.2. The van der Waals surface area contributed by atoms with Crippen molar-refractivity contribution < 1.29 is 4.74 Å². The van der Waals surface area contributed by atoms with Gasteiger partial charge in [-0.05, 0) is 49.9 Å². The fourth-order valence-electron chi connectivity index (χ4n) is 4.48. The topological polar surface area (TPSA) is 51.1 Å². The normalized spacial score (nSPS) is 21.1. The number of fused-ring (bicyclic) bond motifs is 2. The van der Waals surface area contributed by atoms with Gasteiger partial charge in [0.25, 0.3) is 0 Å². The maximum Gasteiger partial charge on any atom is 0.161 e. The summed E-state index contributed by atoms with van der Waals surface area (Å²) in [7, 11) is 0. The Labute approximate surface area is 165 Å². The Hall–Kier alpha value is -2.79. The number of benzene rings is 1. The molecule has 28 heavy (non-hydrogen) atoms. The van der Waals surface area contributed by atoms with Gasteiger partial charge in [-0.3, -0.25) is 4.98 Å². The summed E-state index contributed by atoms with van der Waals surface area (Å²) in [5.41, 5.74) is 5.69. The molecule has 5 rings (SSSR count). The molecule has 1 aromatic carbocycles. The second-order valence-electron chi connectivity index (χ2n) is 7.74. The molecule has 0 bridgehead atoms. The van der Waals surface area contributed by atoms with Gasteiger partial charge < -0.3 is 9.64 Å². The van der Waals surface area contributed by atoms with Crippen molar-refractivity contribution in [1.82, 2.24) is 15.0 Å². The molecule has 142 valence electrons. The lowest BCUT2D eigenvalue weighted by Gasteiger charge is -2.42. The minimum atomic E-state index is -0.225. The number of nitrogens with zero attached hydrogens (tertiary/aromatic N) is 4. The Balaban J connectivity index is 1.54. The number of pyridine rings is 1. The van der Waals surface area contributed by atoms with Crippen molar-refractivity contribution in [2.24, 2.45) is 0 Å². The van der Waals surface area contributed by atoms with Crippen LogP contribution in [0.5, 0.6) is 0 Å². The van der Waals surface area contributed by atoms with Gasteiger partial charge in [-0.2, -0.15) is 0 Å². The molecule has 1 aliphatic heterocycles. The molecule has 2 aliphatic rings. The molecule has 1 aliphatic carbocycles. The zero-order valence-electron chi connectivity index (χ0n) is 16.4. The van der Waals surface area contributed by atoms with Gasteiger partial charge in [-0.1, -0.05) is 24.3 Å². The summed E-state index contributed by atoms with van der Waals surface area (Å²) >= 11 is 0. The molecule has 5 nitrogen and oxygen atoms in total. The Morgan fingerprint density at radius 2 is 1.86 bits per heavy atom. The molecule has 0 saturated carbocycles. The van der Waals surface area contributed by atoms with Gasteiger partial charge in [0.2, 0.25) is 0 Å². The summed E-state index contributed by atoms with van der Waals surface area (Å²) in [6.45, 7) is 6.56. The average molecular weight is 372 g/mol. The van der Waals surface area contributed by atoms with Gasteiger partial charge in [0.15, 0.2) is 5.82 Å². The molecular weight excluding hydrogens is 348 g/mol. The van der Waals surface area contributed by atoms with E-state index in [1.165, 1.54) is 11.1 Å². The number of hydrogen-bond acceptors (Lipinski definition) is 5. The number of aromatic nitrogens is 3. The lowest BCUT2D eigenvalue weighted by atomic mass is 9.93. The Kier molecular flexibility index (Phi) is 4.13. The smallest absolute Gasteiger partial charge is 0.161 e. The first-order valence-electron chi connectivity index (χ1n) is 9.89. The predicted octanol–water partition coefficient (Wildman–Crippen LogP) is 3.83. The highest BCUT2D eigenvalue weighted by Gasteiger charge is 2.43. The molecule has 1 unspecified atom stereocenters. The van der Waals surface area contributed by atoms with Crippen molar-refractivity contribution in [1.29, 1.82) is 0 Å². The molecule has 0 amide bonds. The number of morpholine rings is 1. The third-order valence-corrected chi connectivity index (χ3v) is 6.09. The molecule has 5 heteroatoms. The van der Waals surface area contributed by atoms with E-state index in [2.05, 4.69) is 48.0 Å². The molecule has 3 heterocycles. The van der Waals surface area contributed by atoms with Crippen LogP contribution in [0.15, 0.2) is 48.8 Å². The van der Waals surface area contributed by atoms with Crippen LogP contribution in [0.1, 0.15) is 28.8 Å². The van der Waals surface area contributed by atoms with E-state index in [4.69, 9.17) is 14.7 Å². The van der Waals surface area contributed by atoms with Crippen LogP contribution in [-0.2, 0) is 16.8 Å². The summed E-state index contributed by atoms with van der Waals surface area (Å²) in [5.74, 6) is 1.78. The number of hydrogen-bond donors (Lipinski definition) is 0. The summed E-state index contributed by atoms with van der Waals surface area (Å²) < 4.78 is 6.40. The number of rotatable bonds is 2. The van der Waals surface area contributed by atoms with Crippen LogP contribution < -0.4 is 4.90 Å². The van der Waals surface area contributed by atoms with E-state index in [0.29, 0.717) is 6.61 Å². The van der Waals surface area contributed by atoms with Crippen LogP contribution in [0.3, 0.4) is 0 Å². The Morgan fingerprint density at radius 3 is 2.71 bits per heavy atom. The molecular formula is C23H24N4O. The van der Waals surface area contributed by atoms with Gasteiger partial charge in [0, 0.05) is 35.8 Å². The van der Waals surface area contributed by atoms with Gasteiger partial charge in [0.1, 0.15) is 11.4 Å². The fraction of sp³-hybridized carbons (Fsp3) is 0.348. The standard InChI is InChI=1S/C23H24N4O/c1-16-17(2)25-21(19-8-11-24-12-9-19)26-22(16)27-13-14-28-23(15-27)10-7-18-5-3-4-6-20(18)23/h3-6,8-9,11-12H,7,10,13-15H2,1-2H3. The Bertz CT molecular complexity index is 1020. The summed E-state index contributed by atoms with van der Waals surface area (Å²) in [6.07, 6.45) is 5.68. The van der Waals surface area contributed by atoms with Crippen LogP contribution in [0, 0.1) is 13.8 Å². The predicted molar refractivity (Wildman–Crippen MR) is 109 cm³/mol. The molecule has 0 N–H and O–H groups in total. The van der Waals surface area contributed by atoms with Crippen LogP contribution >= 0.6 is 0 Å². The lowest BCUT2D eigenvalue weighted by molar-refractivity contribution is -0.0594. The van der Waals surface area contributed by atoms with Crippen LogP contribution in [0.2, 0.25) is 0 Å². The second kappa shape index (κ2) is 6.67. The van der Waals surface area contributed by atoms with Crippen molar-refractivity contribution in [2.45, 2.75) is 32.3 Å². The largest absolute Gasteiger partial charge is 0.367 e. The Morgan fingerprint density at radius 1 is 1.04 bits per heavy atom. The van der Waals surface area contributed by atoms with E-state index < -0.39 is 0 Å². The van der Waals surface area contributed by atoms with Crippen molar-refractivity contribution in [2.75, 3.05) is 24.6 Å². The van der Waals surface area contributed by atoms with E-state index in [1.807, 2.05) is 12.1 Å². The van der Waals surface area contributed by atoms with E-state index in [-0.39, 0.29) is 5.60 Å². The van der Waals surface area contributed by atoms with Gasteiger partial charge in [-0.15, -0.1) is 0 Å². The monoisotopic (exact) mass is 372 g/mol. The maximum absolute atomic E-state index is 6.40. The lowest BCUT2D eigenvalue weighted by Crippen LogP contribution is -2.49. The third-order valence-electron chi connectivity index (χ3n) is 6.09. The third kappa shape index (κ3) is 2.78. The minimum Gasteiger partial charge on any atom is -0.367 e. The molecule has 2 aromatic heterocycles. The van der Waals surface area contributed by atoms with Crippen molar-refractivity contribution in [3.8, 4) is 11.4 Å². The molecule has 1 fully saturated rings. The number of aryl methyl sites for hydroxylation is 2. The highest BCUT2D eigenvalue weighted by Crippen LogP contribution is 2.43. The first kappa shape index (κ1) is 17.3. The highest BCUT2D eigenvalue weighted by atomic mass is 16.5. The second-order valence-corrected chi connectivity index (χ2v) is 7.74. The van der Waals surface area contributed by atoms with Gasteiger partial charge >= 0.3 is 0 Å². The summed E-state index contributed by atoms with van der Waals surface area (Å²) in [5, 5.41) is 0. The molecule has 0 radical (unpaired) electrons. The van der Waals surface area contributed by atoms with Crippen molar-refractivity contribution in [3.63, 3.8) is 0 Å².